The predicted octanol–water partition coefficient (Wildman–Crippen LogP) is -0.109. The van der Waals surface area contributed by atoms with Crippen LogP contribution in [0, 0.1) is 5.92 Å². The van der Waals surface area contributed by atoms with Gasteiger partial charge in [0.1, 0.15) is 0 Å². The molecule has 4 N–H and O–H groups in total. The Hall–Kier alpha value is -1.14. The molecule has 1 rings (SSSR count). The summed E-state index contributed by atoms with van der Waals surface area (Å²) in [5, 5.41) is 4.92. The Balaban J connectivity index is 2.29. The van der Waals surface area contributed by atoms with E-state index in [9.17, 15) is 9.59 Å². The topological polar surface area (TPSA) is 87.5 Å². The number of nitrogens with zero attached hydrogens (tertiary/aromatic N) is 1. The Kier molecular flexibility index (Phi) is 6.07. The van der Waals surface area contributed by atoms with Crippen LogP contribution in [0.1, 0.15) is 26.7 Å². The molecule has 3 amide bonds. The van der Waals surface area contributed by atoms with Crippen LogP contribution in [-0.2, 0) is 4.79 Å². The SMILES string of the molecule is CCCNC(=O)NC(=O)CN1CC(C)CC(N)C1. The van der Waals surface area contributed by atoms with E-state index in [2.05, 4.69) is 17.6 Å². The van der Waals surface area contributed by atoms with Gasteiger partial charge in [-0.05, 0) is 18.8 Å². The predicted molar refractivity (Wildman–Crippen MR) is 70.0 cm³/mol. The molecule has 2 atom stereocenters. The first-order chi connectivity index (χ1) is 8.51. The Labute approximate surface area is 108 Å². The molecule has 0 spiro atoms. The van der Waals surface area contributed by atoms with E-state index in [0.717, 1.165) is 19.4 Å². The van der Waals surface area contributed by atoms with Gasteiger partial charge in [0.2, 0.25) is 5.91 Å². The molecule has 18 heavy (non-hydrogen) atoms. The molecule has 1 aliphatic heterocycles. The Morgan fingerprint density at radius 1 is 1.39 bits per heavy atom. The van der Waals surface area contributed by atoms with Crippen molar-refractivity contribution < 1.29 is 9.59 Å². The highest BCUT2D eigenvalue weighted by molar-refractivity contribution is 5.95. The second-order valence-corrected chi connectivity index (χ2v) is 5.10. The van der Waals surface area contributed by atoms with Gasteiger partial charge in [-0.25, -0.2) is 4.79 Å². The van der Waals surface area contributed by atoms with Crippen LogP contribution in [0.5, 0.6) is 0 Å². The number of nitrogens with two attached hydrogens (primary N) is 1. The normalized spacial score (nSPS) is 24.6. The fourth-order valence-electron chi connectivity index (χ4n) is 2.29. The number of amides is 3. The summed E-state index contributed by atoms with van der Waals surface area (Å²) in [7, 11) is 0. The van der Waals surface area contributed by atoms with E-state index < -0.39 is 6.03 Å². The van der Waals surface area contributed by atoms with Crippen LogP contribution in [0.2, 0.25) is 0 Å². The molecule has 104 valence electrons. The van der Waals surface area contributed by atoms with E-state index >= 15 is 0 Å². The molecule has 0 aromatic rings. The van der Waals surface area contributed by atoms with Crippen LogP contribution in [0.25, 0.3) is 0 Å². The average molecular weight is 256 g/mol. The van der Waals surface area contributed by atoms with Gasteiger partial charge >= 0.3 is 6.03 Å². The molecule has 0 saturated carbocycles. The van der Waals surface area contributed by atoms with E-state index in [0.29, 0.717) is 19.0 Å². The van der Waals surface area contributed by atoms with Crippen molar-refractivity contribution in [2.75, 3.05) is 26.2 Å². The van der Waals surface area contributed by atoms with Crippen LogP contribution in [0.3, 0.4) is 0 Å². The summed E-state index contributed by atoms with van der Waals surface area (Å²) in [6.45, 7) is 6.46. The summed E-state index contributed by atoms with van der Waals surface area (Å²) in [5.74, 6) is 0.223. The van der Waals surface area contributed by atoms with Crippen LogP contribution >= 0.6 is 0 Å². The third-order valence-electron chi connectivity index (χ3n) is 2.92. The number of rotatable bonds is 4. The average Bonchev–Trinajstić information content (AvgIpc) is 2.24. The number of hydrogen-bond acceptors (Lipinski definition) is 4. The molecular formula is C12H24N4O2. The fraction of sp³-hybridized carbons (Fsp3) is 0.833. The highest BCUT2D eigenvalue weighted by Crippen LogP contribution is 2.14. The highest BCUT2D eigenvalue weighted by Gasteiger charge is 2.23. The fourth-order valence-corrected chi connectivity index (χ4v) is 2.29. The molecule has 1 fully saturated rings. The van der Waals surface area contributed by atoms with E-state index in [-0.39, 0.29) is 18.5 Å². The molecule has 0 bridgehead atoms. The minimum absolute atomic E-state index is 0.121. The van der Waals surface area contributed by atoms with Gasteiger partial charge in [-0.2, -0.15) is 0 Å². The lowest BCUT2D eigenvalue weighted by Crippen LogP contribution is -2.51. The number of piperidine rings is 1. The molecule has 1 heterocycles. The summed E-state index contributed by atoms with van der Waals surface area (Å²) < 4.78 is 0. The summed E-state index contributed by atoms with van der Waals surface area (Å²) in [6, 6.07) is -0.299. The first-order valence-electron chi connectivity index (χ1n) is 6.56. The summed E-state index contributed by atoms with van der Waals surface area (Å²) in [4.78, 5) is 24.9. The smallest absolute Gasteiger partial charge is 0.321 e. The molecule has 0 aromatic heterocycles. The lowest BCUT2D eigenvalue weighted by Gasteiger charge is -2.34. The van der Waals surface area contributed by atoms with Crippen LogP contribution in [0.15, 0.2) is 0 Å². The first kappa shape index (κ1) is 14.9. The Bertz CT molecular complexity index is 286. The van der Waals surface area contributed by atoms with Crippen molar-refractivity contribution >= 4 is 11.9 Å². The Morgan fingerprint density at radius 2 is 2.11 bits per heavy atom. The molecule has 0 aromatic carbocycles. The number of carbonyl (C=O) groups is 2. The van der Waals surface area contributed by atoms with Gasteiger partial charge in [0.05, 0.1) is 6.54 Å². The molecule has 2 unspecified atom stereocenters. The minimum atomic E-state index is -0.420. The van der Waals surface area contributed by atoms with Crippen LogP contribution in [-0.4, -0.2) is 49.1 Å². The van der Waals surface area contributed by atoms with Gasteiger partial charge in [0.25, 0.3) is 0 Å². The van der Waals surface area contributed by atoms with Crippen molar-refractivity contribution in [2.24, 2.45) is 11.7 Å². The number of likely N-dealkylation sites (tertiary alicyclic amines) is 1. The zero-order valence-corrected chi connectivity index (χ0v) is 11.2. The van der Waals surface area contributed by atoms with E-state index in [4.69, 9.17) is 5.73 Å². The Morgan fingerprint density at radius 3 is 2.72 bits per heavy atom. The van der Waals surface area contributed by atoms with Crippen LogP contribution in [0.4, 0.5) is 4.79 Å². The van der Waals surface area contributed by atoms with Crippen molar-refractivity contribution in [3.8, 4) is 0 Å². The molecule has 1 aliphatic rings. The first-order valence-corrected chi connectivity index (χ1v) is 6.56. The molecule has 6 nitrogen and oxygen atoms in total. The van der Waals surface area contributed by atoms with Gasteiger partial charge in [-0.3, -0.25) is 15.0 Å². The number of hydrogen-bond donors (Lipinski definition) is 3. The van der Waals surface area contributed by atoms with E-state index in [1.165, 1.54) is 0 Å². The number of nitrogens with one attached hydrogen (secondary N) is 2. The summed E-state index contributed by atoms with van der Waals surface area (Å²) >= 11 is 0. The number of carbonyl (C=O) groups excluding carboxylic acids is 2. The van der Waals surface area contributed by atoms with Crippen LogP contribution < -0.4 is 16.4 Å². The number of urea groups is 1. The van der Waals surface area contributed by atoms with Crippen molar-refractivity contribution in [1.82, 2.24) is 15.5 Å². The quantitative estimate of drug-likeness (QED) is 0.655. The second-order valence-electron chi connectivity index (χ2n) is 5.10. The largest absolute Gasteiger partial charge is 0.338 e. The zero-order chi connectivity index (χ0) is 13.5. The van der Waals surface area contributed by atoms with Gasteiger partial charge in [0, 0.05) is 25.7 Å². The van der Waals surface area contributed by atoms with Crippen molar-refractivity contribution in [2.45, 2.75) is 32.7 Å². The van der Waals surface area contributed by atoms with E-state index in [1.807, 2.05) is 11.8 Å². The maximum absolute atomic E-state index is 11.6. The van der Waals surface area contributed by atoms with Crippen molar-refractivity contribution in [1.29, 1.82) is 0 Å². The lowest BCUT2D eigenvalue weighted by molar-refractivity contribution is -0.121. The standard InChI is InChI=1S/C12H24N4O2/c1-3-4-14-12(18)15-11(17)8-16-6-9(2)5-10(13)7-16/h9-10H,3-8,13H2,1-2H3,(H2,14,15,17,18). The van der Waals surface area contributed by atoms with E-state index in [1.54, 1.807) is 0 Å². The molecular weight excluding hydrogens is 232 g/mol. The monoisotopic (exact) mass is 256 g/mol. The van der Waals surface area contributed by atoms with Gasteiger partial charge in [-0.1, -0.05) is 13.8 Å². The molecule has 6 heteroatoms. The highest BCUT2D eigenvalue weighted by atomic mass is 16.2. The lowest BCUT2D eigenvalue weighted by atomic mass is 9.97. The third kappa shape index (κ3) is 5.46. The zero-order valence-electron chi connectivity index (χ0n) is 11.2. The molecule has 0 radical (unpaired) electrons. The third-order valence-corrected chi connectivity index (χ3v) is 2.92. The van der Waals surface area contributed by atoms with Crippen molar-refractivity contribution in [3.63, 3.8) is 0 Å². The second kappa shape index (κ2) is 7.33. The van der Waals surface area contributed by atoms with Gasteiger partial charge < -0.3 is 11.1 Å². The maximum Gasteiger partial charge on any atom is 0.321 e. The van der Waals surface area contributed by atoms with Gasteiger partial charge in [-0.15, -0.1) is 0 Å². The minimum Gasteiger partial charge on any atom is -0.338 e. The maximum atomic E-state index is 11.6. The summed E-state index contributed by atoms with van der Waals surface area (Å²) in [6.07, 6.45) is 1.84. The van der Waals surface area contributed by atoms with Gasteiger partial charge in [0.15, 0.2) is 0 Å². The summed E-state index contributed by atoms with van der Waals surface area (Å²) in [5.41, 5.74) is 5.91. The molecule has 0 aliphatic carbocycles. The van der Waals surface area contributed by atoms with Crippen molar-refractivity contribution in [3.05, 3.63) is 0 Å². The molecule has 1 saturated heterocycles. The number of imide groups is 1.